The van der Waals surface area contributed by atoms with E-state index in [0.717, 1.165) is 18.4 Å². The third-order valence-electron chi connectivity index (χ3n) is 5.07. The van der Waals surface area contributed by atoms with Crippen LogP contribution in [0.5, 0.6) is 0 Å². The molecular formula is C17H24N2O. The molecule has 2 fully saturated rings. The Bertz CT molecular complexity index is 514. The van der Waals surface area contributed by atoms with E-state index in [-0.39, 0.29) is 5.91 Å². The largest absolute Gasteiger partial charge is 0.339 e. The maximum Gasteiger partial charge on any atom is 0.253 e. The van der Waals surface area contributed by atoms with Crippen LogP contribution in [0.15, 0.2) is 18.2 Å². The van der Waals surface area contributed by atoms with Crippen LogP contribution in [-0.4, -0.2) is 36.0 Å². The fourth-order valence-corrected chi connectivity index (χ4v) is 3.59. The van der Waals surface area contributed by atoms with Gasteiger partial charge in [0, 0.05) is 30.7 Å². The molecule has 2 saturated heterocycles. The molecule has 2 aliphatic rings. The molecule has 0 radical (unpaired) electrons. The average molecular weight is 272 g/mol. The molecule has 0 saturated carbocycles. The first-order valence-corrected chi connectivity index (χ1v) is 7.65. The van der Waals surface area contributed by atoms with Gasteiger partial charge in [0.05, 0.1) is 0 Å². The molecule has 1 amide bonds. The predicted octanol–water partition coefficient (Wildman–Crippen LogP) is 2.66. The average Bonchev–Trinajstić information content (AvgIpc) is 2.79. The summed E-state index contributed by atoms with van der Waals surface area (Å²) in [7, 11) is 1.97. The first-order chi connectivity index (χ1) is 9.54. The van der Waals surface area contributed by atoms with Gasteiger partial charge in [-0.15, -0.1) is 0 Å². The second kappa shape index (κ2) is 5.21. The van der Waals surface area contributed by atoms with Crippen molar-refractivity contribution in [1.29, 1.82) is 0 Å². The number of nitrogens with one attached hydrogen (secondary N) is 1. The molecule has 0 aromatic heterocycles. The van der Waals surface area contributed by atoms with E-state index in [2.05, 4.69) is 19.2 Å². The van der Waals surface area contributed by atoms with Gasteiger partial charge in [0.15, 0.2) is 0 Å². The summed E-state index contributed by atoms with van der Waals surface area (Å²) in [6.07, 6.45) is 4.74. The van der Waals surface area contributed by atoms with Crippen LogP contribution < -0.4 is 5.32 Å². The Hall–Kier alpha value is -1.35. The van der Waals surface area contributed by atoms with Crippen molar-refractivity contribution in [2.45, 2.75) is 57.7 Å². The minimum atomic E-state index is 0.166. The highest BCUT2D eigenvalue weighted by Crippen LogP contribution is 2.29. The first-order valence-electron chi connectivity index (χ1n) is 7.65. The number of piperidine rings is 1. The van der Waals surface area contributed by atoms with Gasteiger partial charge in [0.1, 0.15) is 0 Å². The van der Waals surface area contributed by atoms with Gasteiger partial charge in [-0.05, 0) is 62.8 Å². The van der Waals surface area contributed by atoms with Crippen LogP contribution in [0.1, 0.15) is 47.2 Å². The summed E-state index contributed by atoms with van der Waals surface area (Å²) in [5, 5.41) is 3.63. The monoisotopic (exact) mass is 272 g/mol. The molecule has 2 heterocycles. The molecule has 1 aromatic carbocycles. The summed E-state index contributed by atoms with van der Waals surface area (Å²) in [6.45, 7) is 4.15. The number of hydrogen-bond acceptors (Lipinski definition) is 2. The molecule has 2 bridgehead atoms. The fourth-order valence-electron chi connectivity index (χ4n) is 3.59. The number of nitrogens with zero attached hydrogens (tertiary/aromatic N) is 1. The second-order valence-electron chi connectivity index (χ2n) is 6.48. The number of rotatable bonds is 2. The highest BCUT2D eigenvalue weighted by Gasteiger charge is 2.36. The SMILES string of the molecule is Cc1ccc(C(=O)N(C)C2CC3CCC(C2)N3)cc1C. The molecule has 0 aliphatic carbocycles. The van der Waals surface area contributed by atoms with Crippen molar-refractivity contribution in [1.82, 2.24) is 10.2 Å². The molecule has 3 nitrogen and oxygen atoms in total. The molecule has 2 atom stereocenters. The van der Waals surface area contributed by atoms with Crippen molar-refractivity contribution in [3.8, 4) is 0 Å². The smallest absolute Gasteiger partial charge is 0.253 e. The van der Waals surface area contributed by atoms with Crippen LogP contribution in [0, 0.1) is 13.8 Å². The summed E-state index contributed by atoms with van der Waals surface area (Å²) in [5.74, 6) is 0.166. The van der Waals surface area contributed by atoms with Crippen molar-refractivity contribution < 1.29 is 4.79 Å². The number of carbonyl (C=O) groups excluding carboxylic acids is 1. The number of carbonyl (C=O) groups is 1. The lowest BCUT2D eigenvalue weighted by Gasteiger charge is -2.35. The van der Waals surface area contributed by atoms with Crippen molar-refractivity contribution >= 4 is 5.91 Å². The van der Waals surface area contributed by atoms with E-state index in [1.54, 1.807) is 0 Å². The Labute approximate surface area is 121 Å². The minimum absolute atomic E-state index is 0.166. The van der Waals surface area contributed by atoms with Gasteiger partial charge in [0.25, 0.3) is 5.91 Å². The van der Waals surface area contributed by atoms with Crippen molar-refractivity contribution in [2.24, 2.45) is 0 Å². The Morgan fingerprint density at radius 3 is 2.40 bits per heavy atom. The van der Waals surface area contributed by atoms with Crippen LogP contribution in [-0.2, 0) is 0 Å². The maximum atomic E-state index is 12.6. The lowest BCUT2D eigenvalue weighted by molar-refractivity contribution is 0.0681. The number of amides is 1. The van der Waals surface area contributed by atoms with Crippen LogP contribution in [0.3, 0.4) is 0 Å². The van der Waals surface area contributed by atoms with Gasteiger partial charge in [0.2, 0.25) is 0 Å². The Morgan fingerprint density at radius 1 is 1.15 bits per heavy atom. The lowest BCUT2D eigenvalue weighted by Crippen LogP contribution is -2.48. The maximum absolute atomic E-state index is 12.6. The number of aryl methyl sites for hydroxylation is 2. The molecule has 2 unspecified atom stereocenters. The van der Waals surface area contributed by atoms with Gasteiger partial charge in [-0.3, -0.25) is 4.79 Å². The molecule has 3 rings (SSSR count). The summed E-state index contributed by atoms with van der Waals surface area (Å²) < 4.78 is 0. The van der Waals surface area contributed by atoms with E-state index >= 15 is 0 Å². The van der Waals surface area contributed by atoms with E-state index in [9.17, 15) is 4.79 Å². The van der Waals surface area contributed by atoms with Gasteiger partial charge >= 0.3 is 0 Å². The van der Waals surface area contributed by atoms with Crippen molar-refractivity contribution in [3.63, 3.8) is 0 Å². The molecule has 1 N–H and O–H groups in total. The van der Waals surface area contributed by atoms with Crippen molar-refractivity contribution in [2.75, 3.05) is 7.05 Å². The van der Waals surface area contributed by atoms with E-state index < -0.39 is 0 Å². The van der Waals surface area contributed by atoms with Gasteiger partial charge in [-0.25, -0.2) is 0 Å². The van der Waals surface area contributed by atoms with E-state index in [4.69, 9.17) is 0 Å². The summed E-state index contributed by atoms with van der Waals surface area (Å²) in [4.78, 5) is 14.6. The van der Waals surface area contributed by atoms with Crippen molar-refractivity contribution in [3.05, 3.63) is 34.9 Å². The zero-order valence-electron chi connectivity index (χ0n) is 12.6. The third kappa shape index (κ3) is 2.47. The highest BCUT2D eigenvalue weighted by atomic mass is 16.2. The van der Waals surface area contributed by atoms with Gasteiger partial charge < -0.3 is 10.2 Å². The lowest BCUT2D eigenvalue weighted by atomic mass is 9.97. The van der Waals surface area contributed by atoms with Crippen LogP contribution >= 0.6 is 0 Å². The van der Waals surface area contributed by atoms with E-state index in [0.29, 0.717) is 18.1 Å². The fraction of sp³-hybridized carbons (Fsp3) is 0.588. The molecule has 20 heavy (non-hydrogen) atoms. The Kier molecular flexibility index (Phi) is 3.55. The molecule has 2 aliphatic heterocycles. The third-order valence-corrected chi connectivity index (χ3v) is 5.07. The molecular weight excluding hydrogens is 248 g/mol. The van der Waals surface area contributed by atoms with Gasteiger partial charge in [-0.2, -0.15) is 0 Å². The highest BCUT2D eigenvalue weighted by molar-refractivity contribution is 5.94. The molecule has 0 spiro atoms. The van der Waals surface area contributed by atoms with Crippen LogP contribution in [0.25, 0.3) is 0 Å². The predicted molar refractivity (Wildman–Crippen MR) is 81.0 cm³/mol. The Balaban J connectivity index is 1.74. The zero-order chi connectivity index (χ0) is 14.3. The Morgan fingerprint density at radius 2 is 1.80 bits per heavy atom. The summed E-state index contributed by atoms with van der Waals surface area (Å²) in [6, 6.07) is 7.65. The normalized spacial score (nSPS) is 28.4. The van der Waals surface area contributed by atoms with Gasteiger partial charge in [-0.1, -0.05) is 6.07 Å². The standard InChI is InChI=1S/C17H24N2O/c1-11-4-5-13(8-12(11)2)17(20)19(3)16-9-14-6-7-15(10-16)18-14/h4-5,8,14-16,18H,6-7,9-10H2,1-3H3. The molecule has 1 aromatic rings. The quantitative estimate of drug-likeness (QED) is 0.897. The topological polar surface area (TPSA) is 32.3 Å². The first kappa shape index (κ1) is 13.6. The summed E-state index contributed by atoms with van der Waals surface area (Å²) in [5.41, 5.74) is 3.25. The minimum Gasteiger partial charge on any atom is -0.339 e. The second-order valence-corrected chi connectivity index (χ2v) is 6.48. The zero-order valence-corrected chi connectivity index (χ0v) is 12.6. The molecule has 108 valence electrons. The number of hydrogen-bond donors (Lipinski definition) is 1. The molecule has 3 heteroatoms. The van der Waals surface area contributed by atoms with E-state index in [1.807, 2.05) is 30.1 Å². The van der Waals surface area contributed by atoms with Crippen LogP contribution in [0.2, 0.25) is 0 Å². The number of benzene rings is 1. The van der Waals surface area contributed by atoms with E-state index in [1.165, 1.54) is 24.0 Å². The summed E-state index contributed by atoms with van der Waals surface area (Å²) >= 11 is 0. The van der Waals surface area contributed by atoms with Crippen LogP contribution in [0.4, 0.5) is 0 Å². The number of fused-ring (bicyclic) bond motifs is 2.